The standard InChI is InChI=1S/C14H30O2/c1-3-5-7-8-10-13(9-6-4-2)14(11-15)12-16/h13-16H,3-12H2,1-2H3. The van der Waals surface area contributed by atoms with E-state index in [1.807, 2.05) is 0 Å². The van der Waals surface area contributed by atoms with Crippen molar-refractivity contribution in [3.63, 3.8) is 0 Å². The molecule has 0 fully saturated rings. The van der Waals surface area contributed by atoms with Crippen LogP contribution in [0.1, 0.15) is 65.2 Å². The van der Waals surface area contributed by atoms with Crippen LogP contribution in [0.4, 0.5) is 0 Å². The van der Waals surface area contributed by atoms with Crippen LogP contribution in [0.25, 0.3) is 0 Å². The molecule has 98 valence electrons. The van der Waals surface area contributed by atoms with Crippen LogP contribution in [0.2, 0.25) is 0 Å². The van der Waals surface area contributed by atoms with Gasteiger partial charge in [0.2, 0.25) is 0 Å². The highest BCUT2D eigenvalue weighted by Crippen LogP contribution is 2.24. The highest BCUT2D eigenvalue weighted by atomic mass is 16.3. The van der Waals surface area contributed by atoms with Crippen molar-refractivity contribution in [2.45, 2.75) is 65.2 Å². The molecule has 0 saturated heterocycles. The van der Waals surface area contributed by atoms with Gasteiger partial charge in [0, 0.05) is 19.1 Å². The lowest BCUT2D eigenvalue weighted by Crippen LogP contribution is -2.22. The Morgan fingerprint density at radius 1 is 0.688 bits per heavy atom. The van der Waals surface area contributed by atoms with E-state index < -0.39 is 0 Å². The van der Waals surface area contributed by atoms with Crippen molar-refractivity contribution in [2.75, 3.05) is 13.2 Å². The molecule has 0 spiro atoms. The minimum atomic E-state index is 0.105. The molecular weight excluding hydrogens is 200 g/mol. The Kier molecular flexibility index (Phi) is 11.3. The first-order valence-corrected chi connectivity index (χ1v) is 7.01. The molecule has 0 radical (unpaired) electrons. The van der Waals surface area contributed by atoms with Gasteiger partial charge in [0.25, 0.3) is 0 Å². The van der Waals surface area contributed by atoms with Crippen molar-refractivity contribution in [2.24, 2.45) is 11.8 Å². The molecule has 0 aliphatic rings. The van der Waals surface area contributed by atoms with E-state index in [0.717, 1.165) is 6.42 Å². The number of hydrogen-bond acceptors (Lipinski definition) is 2. The topological polar surface area (TPSA) is 40.5 Å². The summed E-state index contributed by atoms with van der Waals surface area (Å²) < 4.78 is 0. The molecule has 0 amide bonds. The predicted molar refractivity (Wildman–Crippen MR) is 69.4 cm³/mol. The number of aliphatic hydroxyl groups is 2. The number of rotatable bonds is 11. The fourth-order valence-electron chi connectivity index (χ4n) is 2.27. The van der Waals surface area contributed by atoms with Gasteiger partial charge < -0.3 is 10.2 Å². The molecule has 0 aliphatic carbocycles. The van der Waals surface area contributed by atoms with Crippen LogP contribution in [0.5, 0.6) is 0 Å². The summed E-state index contributed by atoms with van der Waals surface area (Å²) in [6.07, 6.45) is 9.87. The van der Waals surface area contributed by atoms with Crippen molar-refractivity contribution in [3.8, 4) is 0 Å². The van der Waals surface area contributed by atoms with Crippen LogP contribution in [-0.2, 0) is 0 Å². The van der Waals surface area contributed by atoms with Crippen molar-refractivity contribution < 1.29 is 10.2 Å². The normalized spacial score (nSPS) is 13.3. The van der Waals surface area contributed by atoms with E-state index in [9.17, 15) is 10.2 Å². The maximum absolute atomic E-state index is 9.24. The summed E-state index contributed by atoms with van der Waals surface area (Å²) in [5.74, 6) is 0.625. The fourth-order valence-corrected chi connectivity index (χ4v) is 2.27. The van der Waals surface area contributed by atoms with Gasteiger partial charge in [-0.3, -0.25) is 0 Å². The zero-order chi connectivity index (χ0) is 12.2. The van der Waals surface area contributed by atoms with Crippen molar-refractivity contribution in [3.05, 3.63) is 0 Å². The lowest BCUT2D eigenvalue weighted by atomic mass is 9.84. The first-order chi connectivity index (χ1) is 7.79. The second-order valence-corrected chi connectivity index (χ2v) is 4.88. The van der Waals surface area contributed by atoms with Gasteiger partial charge in [-0.25, -0.2) is 0 Å². The lowest BCUT2D eigenvalue weighted by Gasteiger charge is -2.24. The van der Waals surface area contributed by atoms with E-state index in [1.165, 1.54) is 44.9 Å². The summed E-state index contributed by atoms with van der Waals surface area (Å²) in [5, 5.41) is 18.5. The molecule has 0 aromatic rings. The van der Waals surface area contributed by atoms with Gasteiger partial charge >= 0.3 is 0 Å². The Morgan fingerprint density at radius 3 is 1.75 bits per heavy atom. The summed E-state index contributed by atoms with van der Waals surface area (Å²) in [4.78, 5) is 0. The van der Waals surface area contributed by atoms with Crippen molar-refractivity contribution in [1.29, 1.82) is 0 Å². The van der Waals surface area contributed by atoms with Crippen LogP contribution >= 0.6 is 0 Å². The first-order valence-electron chi connectivity index (χ1n) is 7.01. The maximum atomic E-state index is 9.24. The van der Waals surface area contributed by atoms with E-state index in [4.69, 9.17) is 0 Å². The van der Waals surface area contributed by atoms with Gasteiger partial charge in [0.15, 0.2) is 0 Å². The summed E-state index contributed by atoms with van der Waals surface area (Å²) in [7, 11) is 0. The van der Waals surface area contributed by atoms with Gasteiger partial charge in [-0.05, 0) is 5.92 Å². The van der Waals surface area contributed by atoms with Crippen LogP contribution in [0.15, 0.2) is 0 Å². The second-order valence-electron chi connectivity index (χ2n) is 4.88. The third-order valence-electron chi connectivity index (χ3n) is 3.49. The number of aliphatic hydroxyl groups excluding tert-OH is 2. The molecule has 0 heterocycles. The molecule has 0 saturated carbocycles. The summed E-state index contributed by atoms with van der Waals surface area (Å²) >= 11 is 0. The van der Waals surface area contributed by atoms with E-state index in [2.05, 4.69) is 13.8 Å². The largest absolute Gasteiger partial charge is 0.396 e. The average molecular weight is 230 g/mol. The highest BCUT2D eigenvalue weighted by molar-refractivity contribution is 4.69. The third kappa shape index (κ3) is 7.24. The Hall–Kier alpha value is -0.0800. The van der Waals surface area contributed by atoms with Crippen LogP contribution in [-0.4, -0.2) is 23.4 Å². The fraction of sp³-hybridized carbons (Fsp3) is 1.00. The van der Waals surface area contributed by atoms with Gasteiger partial charge in [0.1, 0.15) is 0 Å². The highest BCUT2D eigenvalue weighted by Gasteiger charge is 2.19. The molecule has 1 unspecified atom stereocenters. The molecule has 2 nitrogen and oxygen atoms in total. The van der Waals surface area contributed by atoms with Gasteiger partial charge in [-0.1, -0.05) is 65.2 Å². The zero-order valence-electron chi connectivity index (χ0n) is 11.1. The summed E-state index contributed by atoms with van der Waals surface area (Å²) in [6.45, 7) is 4.69. The van der Waals surface area contributed by atoms with E-state index in [0.29, 0.717) is 5.92 Å². The van der Waals surface area contributed by atoms with E-state index in [1.54, 1.807) is 0 Å². The van der Waals surface area contributed by atoms with Gasteiger partial charge in [-0.2, -0.15) is 0 Å². The Bertz CT molecular complexity index is 133. The molecule has 16 heavy (non-hydrogen) atoms. The zero-order valence-corrected chi connectivity index (χ0v) is 11.1. The molecule has 0 bridgehead atoms. The molecule has 1 atom stereocenters. The monoisotopic (exact) mass is 230 g/mol. The summed E-state index contributed by atoms with van der Waals surface area (Å²) in [6, 6.07) is 0. The Balaban J connectivity index is 3.88. The van der Waals surface area contributed by atoms with Crippen molar-refractivity contribution in [1.82, 2.24) is 0 Å². The molecule has 0 aromatic carbocycles. The average Bonchev–Trinajstić information content (AvgIpc) is 2.31. The van der Waals surface area contributed by atoms with Crippen molar-refractivity contribution >= 4 is 0 Å². The Labute approximate surface area is 101 Å². The molecule has 2 heteroatoms. The third-order valence-corrected chi connectivity index (χ3v) is 3.49. The number of hydrogen-bond donors (Lipinski definition) is 2. The minimum absolute atomic E-state index is 0.105. The van der Waals surface area contributed by atoms with Crippen LogP contribution in [0, 0.1) is 11.8 Å². The molecular formula is C14H30O2. The minimum Gasteiger partial charge on any atom is -0.396 e. The van der Waals surface area contributed by atoms with Gasteiger partial charge in [-0.15, -0.1) is 0 Å². The molecule has 0 aromatic heterocycles. The molecule has 0 rings (SSSR count). The second kappa shape index (κ2) is 11.4. The smallest absolute Gasteiger partial charge is 0.0483 e. The maximum Gasteiger partial charge on any atom is 0.0483 e. The van der Waals surface area contributed by atoms with E-state index in [-0.39, 0.29) is 19.1 Å². The van der Waals surface area contributed by atoms with Crippen LogP contribution in [0.3, 0.4) is 0 Å². The lowest BCUT2D eigenvalue weighted by molar-refractivity contribution is 0.0956. The quantitative estimate of drug-likeness (QED) is 0.534. The number of unbranched alkanes of at least 4 members (excludes halogenated alkanes) is 4. The first kappa shape index (κ1) is 15.9. The SMILES string of the molecule is CCCCCCC(CCCC)C(CO)CO. The van der Waals surface area contributed by atoms with Crippen LogP contribution < -0.4 is 0 Å². The molecule has 2 N–H and O–H groups in total. The predicted octanol–water partition coefficient (Wildman–Crippen LogP) is 3.36. The van der Waals surface area contributed by atoms with E-state index >= 15 is 0 Å². The summed E-state index contributed by atoms with van der Waals surface area (Å²) in [5.41, 5.74) is 0. The Morgan fingerprint density at radius 2 is 1.25 bits per heavy atom. The molecule has 0 aliphatic heterocycles. The van der Waals surface area contributed by atoms with Gasteiger partial charge in [0.05, 0.1) is 0 Å².